The van der Waals surface area contributed by atoms with Crippen LogP contribution in [0.3, 0.4) is 0 Å². The summed E-state index contributed by atoms with van der Waals surface area (Å²) in [7, 11) is 7.81. The summed E-state index contributed by atoms with van der Waals surface area (Å²) in [4.78, 5) is 12.7. The predicted octanol–water partition coefficient (Wildman–Crippen LogP) is 1.81. The van der Waals surface area contributed by atoms with Gasteiger partial charge < -0.3 is 9.80 Å². The van der Waals surface area contributed by atoms with Gasteiger partial charge in [-0.2, -0.15) is 0 Å². The molecule has 0 spiro atoms. The summed E-state index contributed by atoms with van der Waals surface area (Å²) < 4.78 is 0. The van der Waals surface area contributed by atoms with Crippen LogP contribution < -0.4 is 0 Å². The Kier molecular flexibility index (Phi) is 5.67. The predicted molar refractivity (Wildman–Crippen MR) is 67.3 cm³/mol. The first kappa shape index (κ1) is 13.7. The number of aliphatic imine (C=N–C) groups is 2. The first-order valence-electron chi connectivity index (χ1n) is 5.04. The van der Waals surface area contributed by atoms with Gasteiger partial charge >= 0.3 is 0 Å². The maximum atomic E-state index is 4.49. The SMILES string of the molecule is C=C(C)N=C(N=C(CC)N(C)C)N(C)C. The van der Waals surface area contributed by atoms with E-state index in [4.69, 9.17) is 0 Å². The molecular weight excluding hydrogens is 188 g/mol. The molecule has 0 rings (SSSR count). The number of allylic oxidation sites excluding steroid dienone is 1. The highest BCUT2D eigenvalue weighted by Crippen LogP contribution is 1.98. The minimum atomic E-state index is 0.688. The van der Waals surface area contributed by atoms with Gasteiger partial charge in [0.2, 0.25) is 5.96 Å². The number of hydrogen-bond acceptors (Lipinski definition) is 1. The molecule has 0 aliphatic heterocycles. The third kappa shape index (κ3) is 5.20. The molecule has 0 fully saturated rings. The zero-order chi connectivity index (χ0) is 12.0. The Morgan fingerprint density at radius 2 is 1.60 bits per heavy atom. The minimum absolute atomic E-state index is 0.688. The summed E-state index contributed by atoms with van der Waals surface area (Å²) in [6.45, 7) is 7.70. The van der Waals surface area contributed by atoms with Gasteiger partial charge in [-0.25, -0.2) is 9.98 Å². The van der Waals surface area contributed by atoms with Gasteiger partial charge in [0, 0.05) is 40.3 Å². The van der Waals surface area contributed by atoms with Gasteiger partial charge in [-0.05, 0) is 6.92 Å². The van der Waals surface area contributed by atoms with Crippen molar-refractivity contribution in [2.75, 3.05) is 28.2 Å². The first-order chi connectivity index (χ1) is 6.88. The topological polar surface area (TPSA) is 31.2 Å². The Labute approximate surface area is 93.0 Å². The van der Waals surface area contributed by atoms with Crippen molar-refractivity contribution in [1.82, 2.24) is 9.80 Å². The Bertz CT molecular complexity index is 274. The summed E-state index contributed by atoms with van der Waals surface area (Å²) in [5.41, 5.74) is 0.761. The van der Waals surface area contributed by atoms with Crippen LogP contribution in [0.1, 0.15) is 20.3 Å². The van der Waals surface area contributed by atoms with E-state index in [0.29, 0.717) is 5.96 Å². The van der Waals surface area contributed by atoms with E-state index >= 15 is 0 Å². The smallest absolute Gasteiger partial charge is 0.226 e. The van der Waals surface area contributed by atoms with Crippen molar-refractivity contribution >= 4 is 11.8 Å². The Morgan fingerprint density at radius 1 is 1.07 bits per heavy atom. The van der Waals surface area contributed by atoms with Gasteiger partial charge in [-0.1, -0.05) is 13.5 Å². The third-order valence-electron chi connectivity index (χ3n) is 1.75. The molecule has 0 aromatic rings. The number of amidine groups is 1. The lowest BCUT2D eigenvalue weighted by atomic mass is 10.4. The lowest BCUT2D eigenvalue weighted by Crippen LogP contribution is -2.27. The van der Waals surface area contributed by atoms with Crippen molar-refractivity contribution in [2.24, 2.45) is 9.98 Å². The van der Waals surface area contributed by atoms with Crippen LogP contribution in [-0.4, -0.2) is 49.8 Å². The molecule has 86 valence electrons. The molecule has 0 saturated heterocycles. The van der Waals surface area contributed by atoms with E-state index in [9.17, 15) is 0 Å². The van der Waals surface area contributed by atoms with Crippen molar-refractivity contribution in [3.8, 4) is 0 Å². The number of nitrogens with zero attached hydrogens (tertiary/aromatic N) is 4. The average Bonchev–Trinajstić information content (AvgIpc) is 2.10. The first-order valence-corrected chi connectivity index (χ1v) is 5.04. The van der Waals surface area contributed by atoms with Crippen LogP contribution in [-0.2, 0) is 0 Å². The monoisotopic (exact) mass is 210 g/mol. The van der Waals surface area contributed by atoms with Gasteiger partial charge in [-0.3, -0.25) is 0 Å². The molecule has 0 aromatic carbocycles. The fourth-order valence-electron chi connectivity index (χ4n) is 1.01. The van der Waals surface area contributed by atoms with E-state index in [1.165, 1.54) is 0 Å². The zero-order valence-corrected chi connectivity index (χ0v) is 10.7. The second kappa shape index (κ2) is 6.22. The van der Waals surface area contributed by atoms with Crippen molar-refractivity contribution in [1.29, 1.82) is 0 Å². The summed E-state index contributed by atoms with van der Waals surface area (Å²) in [6.07, 6.45) is 0.885. The van der Waals surface area contributed by atoms with Crippen LogP contribution in [0.15, 0.2) is 22.3 Å². The minimum Gasteiger partial charge on any atom is -0.366 e. The Morgan fingerprint density at radius 3 is 1.87 bits per heavy atom. The Balaban J connectivity index is 5.03. The molecule has 0 aliphatic carbocycles. The second-order valence-electron chi connectivity index (χ2n) is 3.82. The highest BCUT2D eigenvalue weighted by atomic mass is 15.3. The quantitative estimate of drug-likeness (QED) is 0.514. The molecular formula is C11H22N4. The number of guanidine groups is 1. The summed E-state index contributed by atoms with van der Waals surface area (Å²) >= 11 is 0. The molecule has 0 amide bonds. The zero-order valence-electron chi connectivity index (χ0n) is 10.7. The summed E-state index contributed by atoms with van der Waals surface area (Å²) in [6, 6.07) is 0. The van der Waals surface area contributed by atoms with E-state index < -0.39 is 0 Å². The van der Waals surface area contributed by atoms with E-state index in [-0.39, 0.29) is 0 Å². The molecule has 4 nitrogen and oxygen atoms in total. The molecule has 0 radical (unpaired) electrons. The molecule has 4 heteroatoms. The van der Waals surface area contributed by atoms with Crippen LogP contribution >= 0.6 is 0 Å². The van der Waals surface area contributed by atoms with Crippen LogP contribution in [0.5, 0.6) is 0 Å². The third-order valence-corrected chi connectivity index (χ3v) is 1.75. The standard InChI is InChI=1S/C11H22N4/c1-8-10(14(4)5)13-11(15(6)7)12-9(2)3/h2,8H2,1,3-7H3. The fourth-order valence-corrected chi connectivity index (χ4v) is 1.01. The van der Waals surface area contributed by atoms with Gasteiger partial charge in [-0.15, -0.1) is 0 Å². The van der Waals surface area contributed by atoms with E-state index in [1.54, 1.807) is 0 Å². The van der Waals surface area contributed by atoms with Crippen molar-refractivity contribution in [3.63, 3.8) is 0 Å². The molecule has 0 unspecified atom stereocenters. The molecule has 0 aromatic heterocycles. The maximum absolute atomic E-state index is 4.49. The van der Waals surface area contributed by atoms with Gasteiger partial charge in [0.1, 0.15) is 5.84 Å². The largest absolute Gasteiger partial charge is 0.366 e. The molecule has 0 N–H and O–H groups in total. The van der Waals surface area contributed by atoms with Crippen LogP contribution in [0.2, 0.25) is 0 Å². The lowest BCUT2D eigenvalue weighted by Gasteiger charge is -2.17. The van der Waals surface area contributed by atoms with Crippen molar-refractivity contribution in [3.05, 3.63) is 12.3 Å². The second-order valence-corrected chi connectivity index (χ2v) is 3.82. The molecule has 15 heavy (non-hydrogen) atoms. The molecule has 0 bridgehead atoms. The highest BCUT2D eigenvalue weighted by molar-refractivity contribution is 5.95. The van der Waals surface area contributed by atoms with Crippen molar-refractivity contribution in [2.45, 2.75) is 20.3 Å². The number of rotatable bonds is 2. The highest BCUT2D eigenvalue weighted by Gasteiger charge is 2.04. The van der Waals surface area contributed by atoms with E-state index in [1.807, 2.05) is 44.9 Å². The lowest BCUT2D eigenvalue weighted by molar-refractivity contribution is 0.591. The van der Waals surface area contributed by atoms with Crippen molar-refractivity contribution < 1.29 is 0 Å². The van der Waals surface area contributed by atoms with E-state index in [2.05, 4.69) is 23.5 Å². The molecule has 0 saturated carbocycles. The molecule has 0 heterocycles. The maximum Gasteiger partial charge on any atom is 0.226 e. The van der Waals surface area contributed by atoms with Gasteiger partial charge in [0.15, 0.2) is 0 Å². The van der Waals surface area contributed by atoms with Crippen LogP contribution in [0.25, 0.3) is 0 Å². The van der Waals surface area contributed by atoms with Crippen LogP contribution in [0, 0.1) is 0 Å². The Hall–Kier alpha value is -1.32. The number of hydrogen-bond donors (Lipinski definition) is 0. The summed E-state index contributed by atoms with van der Waals surface area (Å²) in [5, 5.41) is 0. The fraction of sp³-hybridized carbons (Fsp3) is 0.636. The van der Waals surface area contributed by atoms with E-state index in [0.717, 1.165) is 18.0 Å². The average molecular weight is 210 g/mol. The molecule has 0 aliphatic rings. The normalized spacial score (nSPS) is 12.7. The summed E-state index contributed by atoms with van der Waals surface area (Å²) in [5.74, 6) is 1.69. The van der Waals surface area contributed by atoms with Gasteiger partial charge in [0.05, 0.1) is 0 Å². The van der Waals surface area contributed by atoms with Crippen LogP contribution in [0.4, 0.5) is 0 Å². The molecule has 0 atom stereocenters. The van der Waals surface area contributed by atoms with Gasteiger partial charge in [0.25, 0.3) is 0 Å².